The summed E-state index contributed by atoms with van der Waals surface area (Å²) in [6.45, 7) is 4.13. The molecule has 160 valence electrons. The third-order valence-electron chi connectivity index (χ3n) is 6.09. The smallest absolute Gasteiger partial charge is 0.307 e. The van der Waals surface area contributed by atoms with Gasteiger partial charge in [-0.05, 0) is 60.7 Å². The first-order chi connectivity index (χ1) is 15.1. The molecule has 0 amide bonds. The molecule has 31 heavy (non-hydrogen) atoms. The van der Waals surface area contributed by atoms with Crippen LogP contribution in [0.4, 0.5) is 0 Å². The molecule has 0 bridgehead atoms. The zero-order valence-corrected chi connectivity index (χ0v) is 17.9. The van der Waals surface area contributed by atoms with E-state index in [0.717, 1.165) is 36.3 Å². The summed E-state index contributed by atoms with van der Waals surface area (Å²) in [5, 5.41) is 9.58. The number of aryl methyl sites for hydroxylation is 1. The number of carbonyl (C=O) groups is 1. The van der Waals surface area contributed by atoms with Gasteiger partial charge in [0, 0.05) is 6.54 Å². The molecule has 3 aromatic carbocycles. The van der Waals surface area contributed by atoms with Crippen LogP contribution in [0.5, 0.6) is 5.75 Å². The molecular weight excluding hydrogens is 386 g/mol. The third-order valence-corrected chi connectivity index (χ3v) is 6.09. The molecule has 1 saturated heterocycles. The first-order valence-corrected chi connectivity index (χ1v) is 10.9. The van der Waals surface area contributed by atoms with E-state index in [4.69, 9.17) is 4.74 Å². The highest BCUT2D eigenvalue weighted by Crippen LogP contribution is 2.35. The summed E-state index contributed by atoms with van der Waals surface area (Å²) in [5.41, 5.74) is 4.74. The Bertz CT molecular complexity index is 1000. The van der Waals surface area contributed by atoms with Gasteiger partial charge in [0.1, 0.15) is 12.4 Å². The maximum atomic E-state index is 11.7. The summed E-state index contributed by atoms with van der Waals surface area (Å²) in [7, 11) is 0. The minimum Gasteiger partial charge on any atom is -0.489 e. The minimum atomic E-state index is -0.696. The molecule has 0 radical (unpaired) electrons. The number of ether oxygens (including phenoxy) is 1. The quantitative estimate of drug-likeness (QED) is 0.557. The van der Waals surface area contributed by atoms with Crippen molar-refractivity contribution < 1.29 is 14.6 Å². The van der Waals surface area contributed by atoms with Crippen LogP contribution >= 0.6 is 0 Å². The molecule has 2 atom stereocenters. The van der Waals surface area contributed by atoms with Crippen molar-refractivity contribution in [3.8, 4) is 5.75 Å². The van der Waals surface area contributed by atoms with Crippen molar-refractivity contribution >= 4 is 5.97 Å². The molecule has 0 saturated carbocycles. The van der Waals surface area contributed by atoms with Crippen molar-refractivity contribution in [1.29, 1.82) is 0 Å². The fraction of sp³-hybridized carbons (Fsp3) is 0.296. The summed E-state index contributed by atoms with van der Waals surface area (Å²) >= 11 is 0. The largest absolute Gasteiger partial charge is 0.489 e. The van der Waals surface area contributed by atoms with E-state index in [9.17, 15) is 9.90 Å². The molecule has 0 spiro atoms. The van der Waals surface area contributed by atoms with E-state index in [1.807, 2.05) is 36.4 Å². The Balaban J connectivity index is 1.58. The van der Waals surface area contributed by atoms with Crippen molar-refractivity contribution in [2.75, 3.05) is 13.1 Å². The van der Waals surface area contributed by atoms with Crippen molar-refractivity contribution in [3.05, 3.63) is 101 Å². The van der Waals surface area contributed by atoms with Gasteiger partial charge in [-0.25, -0.2) is 0 Å². The Kier molecular flexibility index (Phi) is 6.68. The fourth-order valence-corrected chi connectivity index (χ4v) is 4.41. The zero-order valence-electron chi connectivity index (χ0n) is 17.9. The summed E-state index contributed by atoms with van der Waals surface area (Å²) in [5.74, 6) is -0.176. The summed E-state index contributed by atoms with van der Waals surface area (Å²) in [6.07, 6.45) is 1.65. The second-order valence-electron chi connectivity index (χ2n) is 8.27. The van der Waals surface area contributed by atoms with E-state index in [1.54, 1.807) is 0 Å². The monoisotopic (exact) mass is 415 g/mol. The Morgan fingerprint density at radius 2 is 1.74 bits per heavy atom. The molecule has 4 heteroatoms. The Morgan fingerprint density at radius 1 is 1.03 bits per heavy atom. The van der Waals surface area contributed by atoms with Gasteiger partial charge in [0.15, 0.2) is 0 Å². The van der Waals surface area contributed by atoms with Crippen LogP contribution in [-0.4, -0.2) is 29.1 Å². The number of benzene rings is 3. The van der Waals surface area contributed by atoms with Gasteiger partial charge in [0.05, 0.1) is 12.0 Å². The molecular formula is C27H29NO3. The van der Waals surface area contributed by atoms with E-state index in [0.29, 0.717) is 13.2 Å². The van der Waals surface area contributed by atoms with Gasteiger partial charge in [-0.15, -0.1) is 0 Å². The number of rotatable bonds is 7. The minimum absolute atomic E-state index is 0.0338. The Morgan fingerprint density at radius 3 is 2.45 bits per heavy atom. The van der Waals surface area contributed by atoms with Gasteiger partial charge in [-0.2, -0.15) is 0 Å². The molecule has 0 aliphatic carbocycles. The molecule has 1 heterocycles. The number of piperidine rings is 1. The first-order valence-electron chi connectivity index (χ1n) is 10.9. The van der Waals surface area contributed by atoms with Gasteiger partial charge >= 0.3 is 5.97 Å². The van der Waals surface area contributed by atoms with Crippen LogP contribution in [-0.2, 0) is 11.4 Å². The number of aliphatic carboxylic acids is 1. The topological polar surface area (TPSA) is 49.8 Å². The highest BCUT2D eigenvalue weighted by Gasteiger charge is 2.31. The fourth-order valence-electron chi connectivity index (χ4n) is 4.41. The predicted molar refractivity (Wildman–Crippen MR) is 122 cm³/mol. The Labute approximate surface area is 184 Å². The van der Waals surface area contributed by atoms with Crippen molar-refractivity contribution in [3.63, 3.8) is 0 Å². The average Bonchev–Trinajstić information content (AvgIpc) is 2.81. The van der Waals surface area contributed by atoms with Crippen molar-refractivity contribution in [2.24, 2.45) is 5.92 Å². The van der Waals surface area contributed by atoms with Crippen LogP contribution in [0.1, 0.15) is 41.1 Å². The van der Waals surface area contributed by atoms with Crippen LogP contribution in [0.25, 0.3) is 0 Å². The molecule has 0 aromatic heterocycles. The highest BCUT2D eigenvalue weighted by atomic mass is 16.5. The van der Waals surface area contributed by atoms with Crippen molar-refractivity contribution in [2.45, 2.75) is 32.4 Å². The van der Waals surface area contributed by atoms with E-state index >= 15 is 0 Å². The molecule has 1 fully saturated rings. The summed E-state index contributed by atoms with van der Waals surface area (Å²) in [6, 6.07) is 26.8. The molecule has 2 unspecified atom stereocenters. The number of nitrogens with zero attached hydrogens (tertiary/aromatic N) is 1. The molecule has 1 N–H and O–H groups in total. The molecule has 4 rings (SSSR count). The number of likely N-dealkylation sites (tertiary alicyclic amines) is 1. The zero-order chi connectivity index (χ0) is 21.6. The highest BCUT2D eigenvalue weighted by molar-refractivity contribution is 5.70. The molecule has 4 nitrogen and oxygen atoms in total. The number of hydrogen-bond acceptors (Lipinski definition) is 3. The van der Waals surface area contributed by atoms with Crippen LogP contribution in [0.3, 0.4) is 0 Å². The number of carboxylic acid groups (broad SMARTS) is 1. The van der Waals surface area contributed by atoms with Gasteiger partial charge in [-0.1, -0.05) is 66.7 Å². The van der Waals surface area contributed by atoms with E-state index in [2.05, 4.69) is 54.3 Å². The predicted octanol–water partition coefficient (Wildman–Crippen LogP) is 5.46. The van der Waals surface area contributed by atoms with Crippen LogP contribution in [0.2, 0.25) is 0 Å². The van der Waals surface area contributed by atoms with Crippen LogP contribution in [0, 0.1) is 12.8 Å². The SMILES string of the molecule is Cc1ccccc1C(c1ccc(OCc2ccccc2)cc1)N1CCCC(C(=O)O)C1. The van der Waals surface area contributed by atoms with Gasteiger partial charge < -0.3 is 9.84 Å². The summed E-state index contributed by atoms with van der Waals surface area (Å²) < 4.78 is 5.96. The number of carboxylic acids is 1. The molecule has 1 aliphatic heterocycles. The molecule has 3 aromatic rings. The normalized spacial score (nSPS) is 17.8. The van der Waals surface area contributed by atoms with Gasteiger partial charge in [0.25, 0.3) is 0 Å². The van der Waals surface area contributed by atoms with E-state index in [-0.39, 0.29) is 12.0 Å². The standard InChI is InChI=1S/C27H29NO3/c1-20-8-5-6-12-25(20)26(28-17-7-11-23(18-28)27(29)30)22-13-15-24(16-14-22)31-19-21-9-3-2-4-10-21/h2-6,8-10,12-16,23,26H,7,11,17-19H2,1H3,(H,29,30). The lowest BCUT2D eigenvalue weighted by Crippen LogP contribution is -2.41. The maximum Gasteiger partial charge on any atom is 0.307 e. The second kappa shape index (κ2) is 9.80. The maximum absolute atomic E-state index is 11.7. The average molecular weight is 416 g/mol. The van der Waals surface area contributed by atoms with E-state index in [1.165, 1.54) is 11.1 Å². The lowest BCUT2D eigenvalue weighted by atomic mass is 9.89. The van der Waals surface area contributed by atoms with Crippen LogP contribution in [0.15, 0.2) is 78.9 Å². The summed E-state index contributed by atoms with van der Waals surface area (Å²) in [4.78, 5) is 14.0. The first kappa shape index (κ1) is 21.1. The third kappa shape index (κ3) is 5.15. The second-order valence-corrected chi connectivity index (χ2v) is 8.27. The van der Waals surface area contributed by atoms with Gasteiger partial charge in [-0.3, -0.25) is 9.69 Å². The molecule has 1 aliphatic rings. The van der Waals surface area contributed by atoms with Crippen molar-refractivity contribution in [1.82, 2.24) is 4.90 Å². The van der Waals surface area contributed by atoms with E-state index < -0.39 is 5.97 Å². The van der Waals surface area contributed by atoms with Crippen LogP contribution < -0.4 is 4.74 Å². The Hall–Kier alpha value is -3.11. The van der Waals surface area contributed by atoms with Gasteiger partial charge in [0.2, 0.25) is 0 Å². The number of hydrogen-bond donors (Lipinski definition) is 1. The lowest BCUT2D eigenvalue weighted by Gasteiger charge is -2.38. The lowest BCUT2D eigenvalue weighted by molar-refractivity contribution is -0.143.